The maximum Gasteiger partial charge on any atom is 0.0543 e. The van der Waals surface area contributed by atoms with Crippen molar-refractivity contribution in [3.63, 3.8) is 0 Å². The molecule has 1 aromatic rings. The van der Waals surface area contributed by atoms with Gasteiger partial charge in [-0.15, -0.1) is 0 Å². The third-order valence-electron chi connectivity index (χ3n) is 3.17. The average molecular weight is 269 g/mol. The van der Waals surface area contributed by atoms with Crippen molar-refractivity contribution in [1.82, 2.24) is 0 Å². The first-order chi connectivity index (χ1) is 7.24. The molecular weight excluding hydrogens is 252 g/mol. The van der Waals surface area contributed by atoms with E-state index in [9.17, 15) is 5.11 Å². The molecule has 1 saturated carbocycles. The van der Waals surface area contributed by atoms with E-state index >= 15 is 0 Å². The Morgan fingerprint density at radius 2 is 2.20 bits per heavy atom. The van der Waals surface area contributed by atoms with E-state index in [0.717, 1.165) is 23.7 Å². The second-order valence-corrected chi connectivity index (χ2v) is 5.44. The standard InChI is InChI=1S/C13H17BrO/c14-12-5-1-3-10(8-12)7-11-4-2-6-13(15)9-11/h1,3,5,8,11,13,15H,2,4,6-7,9H2. The van der Waals surface area contributed by atoms with Crippen LogP contribution in [0.2, 0.25) is 0 Å². The molecule has 82 valence electrons. The summed E-state index contributed by atoms with van der Waals surface area (Å²) in [6.07, 6.45) is 5.47. The minimum absolute atomic E-state index is 0.0593. The van der Waals surface area contributed by atoms with Crippen molar-refractivity contribution in [2.75, 3.05) is 0 Å². The fraction of sp³-hybridized carbons (Fsp3) is 0.538. The van der Waals surface area contributed by atoms with E-state index in [-0.39, 0.29) is 6.10 Å². The van der Waals surface area contributed by atoms with Gasteiger partial charge in [0.05, 0.1) is 6.10 Å². The Morgan fingerprint density at radius 3 is 2.93 bits per heavy atom. The molecule has 0 aromatic heterocycles. The number of aliphatic hydroxyl groups excluding tert-OH is 1. The zero-order valence-corrected chi connectivity index (χ0v) is 10.4. The van der Waals surface area contributed by atoms with E-state index in [1.54, 1.807) is 0 Å². The van der Waals surface area contributed by atoms with Crippen molar-refractivity contribution in [2.45, 2.75) is 38.2 Å². The minimum Gasteiger partial charge on any atom is -0.393 e. The summed E-state index contributed by atoms with van der Waals surface area (Å²) >= 11 is 3.49. The van der Waals surface area contributed by atoms with Gasteiger partial charge in [0.15, 0.2) is 0 Å². The van der Waals surface area contributed by atoms with Crippen LogP contribution in [0.5, 0.6) is 0 Å². The summed E-state index contributed by atoms with van der Waals surface area (Å²) in [4.78, 5) is 0. The molecule has 0 aliphatic heterocycles. The van der Waals surface area contributed by atoms with Crippen LogP contribution in [0.15, 0.2) is 28.7 Å². The molecule has 0 amide bonds. The van der Waals surface area contributed by atoms with E-state index < -0.39 is 0 Å². The average Bonchev–Trinajstić information content (AvgIpc) is 2.17. The molecule has 2 heteroatoms. The highest BCUT2D eigenvalue weighted by Gasteiger charge is 2.20. The van der Waals surface area contributed by atoms with Crippen molar-refractivity contribution in [2.24, 2.45) is 5.92 Å². The van der Waals surface area contributed by atoms with Gasteiger partial charge in [-0.2, -0.15) is 0 Å². The van der Waals surface area contributed by atoms with Crippen LogP contribution in [0.1, 0.15) is 31.2 Å². The third-order valence-corrected chi connectivity index (χ3v) is 3.66. The maximum absolute atomic E-state index is 9.60. The van der Waals surface area contributed by atoms with E-state index in [1.165, 1.54) is 18.4 Å². The molecule has 1 fully saturated rings. The molecule has 0 saturated heterocycles. The number of aliphatic hydroxyl groups is 1. The molecule has 0 radical (unpaired) electrons. The first-order valence-electron chi connectivity index (χ1n) is 5.66. The summed E-state index contributed by atoms with van der Waals surface area (Å²) in [6.45, 7) is 0. The molecule has 1 aliphatic rings. The van der Waals surface area contributed by atoms with Crippen molar-refractivity contribution < 1.29 is 5.11 Å². The molecule has 2 unspecified atom stereocenters. The van der Waals surface area contributed by atoms with Crippen LogP contribution in [0.3, 0.4) is 0 Å². The molecule has 0 spiro atoms. The Kier molecular flexibility index (Phi) is 3.81. The molecule has 2 rings (SSSR count). The Labute approximate surface area is 99.6 Å². The molecule has 0 heterocycles. The molecule has 1 nitrogen and oxygen atoms in total. The normalized spacial score (nSPS) is 26.5. The van der Waals surface area contributed by atoms with Gasteiger partial charge in [0, 0.05) is 4.47 Å². The first-order valence-corrected chi connectivity index (χ1v) is 6.46. The lowest BCUT2D eigenvalue weighted by atomic mass is 9.83. The third kappa shape index (κ3) is 3.32. The zero-order chi connectivity index (χ0) is 10.7. The lowest BCUT2D eigenvalue weighted by molar-refractivity contribution is 0.101. The van der Waals surface area contributed by atoms with Crippen LogP contribution in [-0.2, 0) is 6.42 Å². The van der Waals surface area contributed by atoms with Gasteiger partial charge in [-0.3, -0.25) is 0 Å². The monoisotopic (exact) mass is 268 g/mol. The van der Waals surface area contributed by atoms with Gasteiger partial charge in [-0.1, -0.05) is 34.5 Å². The Bertz CT molecular complexity index is 324. The van der Waals surface area contributed by atoms with Gasteiger partial charge >= 0.3 is 0 Å². The summed E-state index contributed by atoms with van der Waals surface area (Å²) in [5, 5.41) is 9.60. The van der Waals surface area contributed by atoms with E-state index in [0.29, 0.717) is 5.92 Å². The van der Waals surface area contributed by atoms with E-state index in [4.69, 9.17) is 0 Å². The first kappa shape index (κ1) is 11.2. The minimum atomic E-state index is -0.0593. The molecule has 1 N–H and O–H groups in total. The number of hydrogen-bond donors (Lipinski definition) is 1. The van der Waals surface area contributed by atoms with Crippen molar-refractivity contribution >= 4 is 15.9 Å². The zero-order valence-electron chi connectivity index (χ0n) is 8.82. The summed E-state index contributed by atoms with van der Waals surface area (Å²) in [5.74, 6) is 0.669. The molecule has 1 aromatic carbocycles. The number of rotatable bonds is 2. The van der Waals surface area contributed by atoms with Crippen LogP contribution in [0.4, 0.5) is 0 Å². The molecule has 15 heavy (non-hydrogen) atoms. The lowest BCUT2D eigenvalue weighted by Crippen LogP contribution is -2.20. The van der Waals surface area contributed by atoms with Crippen molar-refractivity contribution in [3.8, 4) is 0 Å². The van der Waals surface area contributed by atoms with Gasteiger partial charge < -0.3 is 5.11 Å². The van der Waals surface area contributed by atoms with Crippen LogP contribution >= 0.6 is 15.9 Å². The second-order valence-electron chi connectivity index (χ2n) is 4.52. The van der Waals surface area contributed by atoms with Gasteiger partial charge in [0.1, 0.15) is 0 Å². The van der Waals surface area contributed by atoms with Crippen molar-refractivity contribution in [1.29, 1.82) is 0 Å². The van der Waals surface area contributed by atoms with Crippen LogP contribution in [0.25, 0.3) is 0 Å². The maximum atomic E-state index is 9.60. The lowest BCUT2D eigenvalue weighted by Gasteiger charge is -2.25. The Hall–Kier alpha value is -0.340. The molecule has 0 bridgehead atoms. The van der Waals surface area contributed by atoms with Gasteiger partial charge in [-0.05, 0) is 49.3 Å². The predicted molar refractivity (Wildman–Crippen MR) is 65.8 cm³/mol. The van der Waals surface area contributed by atoms with Gasteiger partial charge in [-0.25, -0.2) is 0 Å². The van der Waals surface area contributed by atoms with Crippen LogP contribution in [-0.4, -0.2) is 11.2 Å². The summed E-state index contributed by atoms with van der Waals surface area (Å²) in [6, 6.07) is 8.49. The fourth-order valence-electron chi connectivity index (χ4n) is 2.45. The molecule has 2 atom stereocenters. The van der Waals surface area contributed by atoms with E-state index in [1.807, 2.05) is 0 Å². The highest BCUT2D eigenvalue weighted by molar-refractivity contribution is 9.10. The number of hydrogen-bond acceptors (Lipinski definition) is 1. The van der Waals surface area contributed by atoms with Crippen LogP contribution in [0, 0.1) is 5.92 Å². The fourth-order valence-corrected chi connectivity index (χ4v) is 2.89. The van der Waals surface area contributed by atoms with Gasteiger partial charge in [0.2, 0.25) is 0 Å². The number of benzene rings is 1. The SMILES string of the molecule is OC1CCCC(Cc2cccc(Br)c2)C1. The molecule has 1 aliphatic carbocycles. The van der Waals surface area contributed by atoms with Crippen LogP contribution < -0.4 is 0 Å². The summed E-state index contributed by atoms with van der Waals surface area (Å²) in [5.41, 5.74) is 1.38. The smallest absolute Gasteiger partial charge is 0.0543 e. The molecular formula is C13H17BrO. The van der Waals surface area contributed by atoms with Crippen molar-refractivity contribution in [3.05, 3.63) is 34.3 Å². The van der Waals surface area contributed by atoms with Gasteiger partial charge in [0.25, 0.3) is 0 Å². The predicted octanol–water partition coefficient (Wildman–Crippen LogP) is 3.54. The quantitative estimate of drug-likeness (QED) is 0.870. The highest BCUT2D eigenvalue weighted by atomic mass is 79.9. The summed E-state index contributed by atoms with van der Waals surface area (Å²) in [7, 11) is 0. The Morgan fingerprint density at radius 1 is 1.33 bits per heavy atom. The Balaban J connectivity index is 1.96. The summed E-state index contributed by atoms with van der Waals surface area (Å²) < 4.78 is 1.15. The number of halogens is 1. The topological polar surface area (TPSA) is 20.2 Å². The highest BCUT2D eigenvalue weighted by Crippen LogP contribution is 2.27. The largest absolute Gasteiger partial charge is 0.393 e. The second kappa shape index (κ2) is 5.13. The van der Waals surface area contributed by atoms with E-state index in [2.05, 4.69) is 40.2 Å².